The summed E-state index contributed by atoms with van der Waals surface area (Å²) < 4.78 is 12.8. The lowest BCUT2D eigenvalue weighted by Crippen LogP contribution is -1.89. The van der Waals surface area contributed by atoms with Gasteiger partial charge < -0.3 is 5.32 Å². The Morgan fingerprint density at radius 3 is 2.00 bits per heavy atom. The number of nitriles is 2. The van der Waals surface area contributed by atoms with Gasteiger partial charge in [0.15, 0.2) is 0 Å². The maximum atomic E-state index is 12.8. The molecule has 0 fully saturated rings. The molecule has 0 saturated carbocycles. The summed E-state index contributed by atoms with van der Waals surface area (Å²) in [6.45, 7) is 0. The van der Waals surface area contributed by atoms with Crippen molar-refractivity contribution in [1.82, 2.24) is 0 Å². The molecule has 5 heteroatoms. The maximum absolute atomic E-state index is 12.8. The van der Waals surface area contributed by atoms with Crippen LogP contribution in [0.4, 0.5) is 10.1 Å². The molecule has 1 N–H and O–H groups in total. The first kappa shape index (κ1) is 14.6. The van der Waals surface area contributed by atoms with Gasteiger partial charge in [-0.05, 0) is 48.5 Å². The SMILES string of the molecule is N#CC(C#N)=CNc1ccc(Sc2ccc(F)cc2)cc1. The maximum Gasteiger partial charge on any atom is 0.145 e. The van der Waals surface area contributed by atoms with Crippen molar-refractivity contribution < 1.29 is 4.39 Å². The number of hydrogen-bond donors (Lipinski definition) is 1. The molecule has 3 nitrogen and oxygen atoms in total. The molecule has 2 aromatic carbocycles. The molecule has 0 unspecified atom stereocenters. The zero-order valence-corrected chi connectivity index (χ0v) is 11.7. The largest absolute Gasteiger partial charge is 0.360 e. The minimum Gasteiger partial charge on any atom is -0.360 e. The molecule has 0 aliphatic heterocycles. The highest BCUT2D eigenvalue weighted by atomic mass is 32.2. The minimum atomic E-state index is -0.253. The highest BCUT2D eigenvalue weighted by Crippen LogP contribution is 2.28. The van der Waals surface area contributed by atoms with E-state index in [4.69, 9.17) is 10.5 Å². The molecule has 102 valence electrons. The molecular weight excluding hydrogens is 285 g/mol. The molecule has 0 aliphatic rings. The smallest absolute Gasteiger partial charge is 0.145 e. The molecule has 2 rings (SSSR count). The fourth-order valence-electron chi connectivity index (χ4n) is 1.50. The van der Waals surface area contributed by atoms with E-state index < -0.39 is 0 Å². The van der Waals surface area contributed by atoms with Crippen LogP contribution in [-0.4, -0.2) is 0 Å². The quantitative estimate of drug-likeness (QED) is 0.853. The van der Waals surface area contributed by atoms with Crippen LogP contribution in [0.2, 0.25) is 0 Å². The van der Waals surface area contributed by atoms with Gasteiger partial charge in [0.05, 0.1) is 0 Å². The Morgan fingerprint density at radius 2 is 1.48 bits per heavy atom. The number of rotatable bonds is 4. The molecule has 2 aromatic rings. The average molecular weight is 295 g/mol. The van der Waals surface area contributed by atoms with Gasteiger partial charge in [0.25, 0.3) is 0 Å². The Labute approximate surface area is 126 Å². The van der Waals surface area contributed by atoms with E-state index in [9.17, 15) is 4.39 Å². The van der Waals surface area contributed by atoms with Gasteiger partial charge in [-0.2, -0.15) is 10.5 Å². The Hall–Kier alpha value is -2.76. The van der Waals surface area contributed by atoms with Crippen LogP contribution in [0.15, 0.2) is 70.1 Å². The molecular formula is C16H10FN3S. The van der Waals surface area contributed by atoms with Crippen molar-refractivity contribution in [2.45, 2.75) is 9.79 Å². The van der Waals surface area contributed by atoms with E-state index in [1.807, 2.05) is 24.3 Å². The van der Waals surface area contributed by atoms with E-state index in [0.29, 0.717) is 0 Å². The molecule has 0 atom stereocenters. The van der Waals surface area contributed by atoms with Gasteiger partial charge >= 0.3 is 0 Å². The zero-order valence-electron chi connectivity index (χ0n) is 10.9. The van der Waals surface area contributed by atoms with Crippen molar-refractivity contribution in [2.24, 2.45) is 0 Å². The van der Waals surface area contributed by atoms with Gasteiger partial charge in [-0.3, -0.25) is 0 Å². The molecule has 0 aliphatic carbocycles. The number of allylic oxidation sites excluding steroid dienone is 1. The number of anilines is 1. The topological polar surface area (TPSA) is 59.6 Å². The Kier molecular flexibility index (Phi) is 4.98. The summed E-state index contributed by atoms with van der Waals surface area (Å²) >= 11 is 1.52. The van der Waals surface area contributed by atoms with E-state index in [1.54, 1.807) is 24.3 Å². The Morgan fingerprint density at radius 1 is 0.952 bits per heavy atom. The Balaban J connectivity index is 2.03. The van der Waals surface area contributed by atoms with Crippen LogP contribution in [0, 0.1) is 28.5 Å². The number of nitrogens with one attached hydrogen (secondary N) is 1. The van der Waals surface area contributed by atoms with Crippen LogP contribution in [-0.2, 0) is 0 Å². The predicted molar refractivity (Wildman–Crippen MR) is 79.9 cm³/mol. The van der Waals surface area contributed by atoms with Gasteiger partial charge in [0.2, 0.25) is 0 Å². The summed E-state index contributed by atoms with van der Waals surface area (Å²) in [6.07, 6.45) is 1.36. The van der Waals surface area contributed by atoms with Crippen molar-refractivity contribution in [1.29, 1.82) is 10.5 Å². The molecule has 0 spiro atoms. The lowest BCUT2D eigenvalue weighted by Gasteiger charge is -2.04. The number of benzene rings is 2. The second kappa shape index (κ2) is 7.14. The molecule has 0 heterocycles. The average Bonchev–Trinajstić information content (AvgIpc) is 2.52. The first-order valence-electron chi connectivity index (χ1n) is 6.01. The van der Waals surface area contributed by atoms with Gasteiger partial charge in [-0.15, -0.1) is 0 Å². The predicted octanol–water partition coefficient (Wildman–Crippen LogP) is 4.32. The highest BCUT2D eigenvalue weighted by molar-refractivity contribution is 7.99. The van der Waals surface area contributed by atoms with Crippen molar-refractivity contribution in [3.63, 3.8) is 0 Å². The van der Waals surface area contributed by atoms with Crippen molar-refractivity contribution in [3.8, 4) is 12.1 Å². The summed E-state index contributed by atoms with van der Waals surface area (Å²) in [7, 11) is 0. The van der Waals surface area contributed by atoms with Crippen LogP contribution in [0.5, 0.6) is 0 Å². The molecule has 0 amide bonds. The van der Waals surface area contributed by atoms with E-state index in [0.717, 1.165) is 15.5 Å². The first-order chi connectivity index (χ1) is 10.2. The molecule has 0 saturated heterocycles. The van der Waals surface area contributed by atoms with Crippen LogP contribution in [0.1, 0.15) is 0 Å². The lowest BCUT2D eigenvalue weighted by molar-refractivity contribution is 0.626. The minimum absolute atomic E-state index is 0.0137. The molecule has 21 heavy (non-hydrogen) atoms. The fourth-order valence-corrected chi connectivity index (χ4v) is 2.32. The van der Waals surface area contributed by atoms with Crippen molar-refractivity contribution in [2.75, 3.05) is 5.32 Å². The van der Waals surface area contributed by atoms with Crippen LogP contribution < -0.4 is 5.32 Å². The molecule has 0 bridgehead atoms. The summed E-state index contributed by atoms with van der Waals surface area (Å²) in [5.41, 5.74) is 0.793. The lowest BCUT2D eigenvalue weighted by atomic mass is 10.3. The monoisotopic (exact) mass is 295 g/mol. The summed E-state index contributed by atoms with van der Waals surface area (Å²) in [4.78, 5) is 1.96. The molecule has 0 radical (unpaired) electrons. The van der Waals surface area contributed by atoms with Crippen LogP contribution in [0.25, 0.3) is 0 Å². The molecule has 0 aromatic heterocycles. The van der Waals surface area contributed by atoms with Gasteiger partial charge in [0, 0.05) is 21.7 Å². The standard InChI is InChI=1S/C16H10FN3S/c17-13-1-5-15(6-2-13)21-16-7-3-14(4-8-16)20-11-12(9-18)10-19/h1-8,11,20H. The number of halogens is 1. The number of hydrogen-bond acceptors (Lipinski definition) is 4. The third kappa shape index (κ3) is 4.38. The van der Waals surface area contributed by atoms with E-state index >= 15 is 0 Å². The highest BCUT2D eigenvalue weighted by Gasteiger charge is 1.99. The van der Waals surface area contributed by atoms with Crippen LogP contribution in [0.3, 0.4) is 0 Å². The van der Waals surface area contributed by atoms with E-state index in [2.05, 4.69) is 5.32 Å². The van der Waals surface area contributed by atoms with Gasteiger partial charge in [-0.25, -0.2) is 4.39 Å². The normalized spacial score (nSPS) is 9.29. The van der Waals surface area contributed by atoms with E-state index in [1.165, 1.54) is 30.1 Å². The van der Waals surface area contributed by atoms with Crippen molar-refractivity contribution in [3.05, 3.63) is 66.1 Å². The Bertz CT molecular complexity index is 706. The second-order valence-electron chi connectivity index (χ2n) is 4.01. The summed E-state index contributed by atoms with van der Waals surface area (Å²) in [5.74, 6) is -0.253. The van der Waals surface area contributed by atoms with Crippen molar-refractivity contribution >= 4 is 17.4 Å². The fraction of sp³-hybridized carbons (Fsp3) is 0. The number of nitrogens with zero attached hydrogens (tertiary/aromatic N) is 2. The van der Waals surface area contributed by atoms with Gasteiger partial charge in [0.1, 0.15) is 23.5 Å². The first-order valence-corrected chi connectivity index (χ1v) is 6.83. The van der Waals surface area contributed by atoms with Crippen LogP contribution >= 0.6 is 11.8 Å². The zero-order chi connectivity index (χ0) is 15.1. The third-order valence-corrected chi connectivity index (χ3v) is 3.54. The van der Waals surface area contributed by atoms with E-state index in [-0.39, 0.29) is 11.4 Å². The summed E-state index contributed by atoms with van der Waals surface area (Å²) in [5, 5.41) is 20.1. The second-order valence-corrected chi connectivity index (χ2v) is 5.15. The summed E-state index contributed by atoms with van der Waals surface area (Å²) in [6, 6.07) is 17.3. The van der Waals surface area contributed by atoms with Gasteiger partial charge in [-0.1, -0.05) is 11.8 Å². The third-order valence-electron chi connectivity index (χ3n) is 2.53.